The highest BCUT2D eigenvalue weighted by atomic mass is 32.2. The second kappa shape index (κ2) is 5.89. The lowest BCUT2D eigenvalue weighted by molar-refractivity contribution is -0.132. The van der Waals surface area contributed by atoms with Crippen molar-refractivity contribution in [3.63, 3.8) is 0 Å². The van der Waals surface area contributed by atoms with Crippen LogP contribution in [0.25, 0.3) is 10.9 Å². The fourth-order valence-electron chi connectivity index (χ4n) is 2.64. The number of amides is 1. The minimum absolute atomic E-state index is 0.0792. The minimum atomic E-state index is -0.447. The molecule has 0 spiro atoms. The predicted molar refractivity (Wildman–Crippen MR) is 83.9 cm³/mol. The molecule has 1 aliphatic rings. The molecular weight excluding hydrogens is 270 g/mol. The molecule has 1 fully saturated rings. The molecule has 106 valence electrons. The van der Waals surface area contributed by atoms with Crippen LogP contribution in [-0.2, 0) is 11.2 Å². The van der Waals surface area contributed by atoms with E-state index in [4.69, 9.17) is 5.73 Å². The van der Waals surface area contributed by atoms with Gasteiger partial charge in [0.25, 0.3) is 0 Å². The number of aromatic amines is 1. The molecule has 1 saturated heterocycles. The number of para-hydroxylation sites is 1. The zero-order valence-corrected chi connectivity index (χ0v) is 12.2. The molecule has 0 saturated carbocycles. The zero-order chi connectivity index (χ0) is 13.9. The van der Waals surface area contributed by atoms with Crippen LogP contribution in [0.15, 0.2) is 30.5 Å². The summed E-state index contributed by atoms with van der Waals surface area (Å²) >= 11 is 1.90. The van der Waals surface area contributed by atoms with Gasteiger partial charge in [0, 0.05) is 41.7 Å². The highest BCUT2D eigenvalue weighted by Crippen LogP contribution is 2.19. The molecule has 2 aromatic rings. The van der Waals surface area contributed by atoms with Crippen LogP contribution in [-0.4, -0.2) is 46.4 Å². The standard InChI is InChI=1S/C15H19N3OS/c16-13(15(19)18-5-7-20-8-6-18)9-11-10-17-14-4-2-1-3-12(11)14/h1-4,10,13,17H,5-9,16H2/t13-/m1/s1. The third kappa shape index (κ3) is 2.69. The zero-order valence-electron chi connectivity index (χ0n) is 11.3. The number of benzene rings is 1. The monoisotopic (exact) mass is 289 g/mol. The number of H-pyrrole nitrogens is 1. The van der Waals surface area contributed by atoms with Crippen molar-refractivity contribution in [2.24, 2.45) is 5.73 Å². The van der Waals surface area contributed by atoms with Crippen molar-refractivity contribution in [1.29, 1.82) is 0 Å². The Kier molecular flexibility index (Phi) is 3.98. The van der Waals surface area contributed by atoms with E-state index in [2.05, 4.69) is 11.1 Å². The lowest BCUT2D eigenvalue weighted by Crippen LogP contribution is -2.48. The number of aromatic nitrogens is 1. The van der Waals surface area contributed by atoms with Crippen molar-refractivity contribution >= 4 is 28.6 Å². The smallest absolute Gasteiger partial charge is 0.239 e. The molecule has 0 radical (unpaired) electrons. The first kappa shape index (κ1) is 13.5. The predicted octanol–water partition coefficient (Wildman–Crippen LogP) is 1.61. The van der Waals surface area contributed by atoms with Gasteiger partial charge in [-0.15, -0.1) is 0 Å². The Morgan fingerprint density at radius 3 is 2.90 bits per heavy atom. The largest absolute Gasteiger partial charge is 0.361 e. The fourth-order valence-corrected chi connectivity index (χ4v) is 3.55. The molecule has 5 heteroatoms. The summed E-state index contributed by atoms with van der Waals surface area (Å²) in [5, 5.41) is 1.16. The lowest BCUT2D eigenvalue weighted by Gasteiger charge is -2.28. The van der Waals surface area contributed by atoms with E-state index in [1.54, 1.807) is 0 Å². The van der Waals surface area contributed by atoms with E-state index < -0.39 is 6.04 Å². The summed E-state index contributed by atoms with van der Waals surface area (Å²) in [6, 6.07) is 7.66. The van der Waals surface area contributed by atoms with Crippen molar-refractivity contribution in [1.82, 2.24) is 9.88 Å². The molecule has 0 aliphatic carbocycles. The lowest BCUT2D eigenvalue weighted by atomic mass is 10.0. The second-order valence-electron chi connectivity index (χ2n) is 5.11. The topological polar surface area (TPSA) is 62.1 Å². The van der Waals surface area contributed by atoms with Crippen LogP contribution in [0.1, 0.15) is 5.56 Å². The molecule has 0 unspecified atom stereocenters. The van der Waals surface area contributed by atoms with Crippen LogP contribution in [0.3, 0.4) is 0 Å². The summed E-state index contributed by atoms with van der Waals surface area (Å²) < 4.78 is 0. The Hall–Kier alpha value is -1.46. The van der Waals surface area contributed by atoms with E-state index >= 15 is 0 Å². The number of fused-ring (bicyclic) bond motifs is 1. The Labute approximate surface area is 122 Å². The van der Waals surface area contributed by atoms with Crippen LogP contribution in [0, 0.1) is 0 Å². The summed E-state index contributed by atoms with van der Waals surface area (Å²) in [5.41, 5.74) is 8.33. The van der Waals surface area contributed by atoms with E-state index in [0.717, 1.165) is 41.1 Å². The van der Waals surface area contributed by atoms with Crippen LogP contribution in [0.5, 0.6) is 0 Å². The maximum atomic E-state index is 12.3. The number of nitrogens with zero attached hydrogens (tertiary/aromatic N) is 1. The minimum Gasteiger partial charge on any atom is -0.361 e. The third-order valence-electron chi connectivity index (χ3n) is 3.75. The van der Waals surface area contributed by atoms with Gasteiger partial charge in [0.05, 0.1) is 6.04 Å². The average molecular weight is 289 g/mol. The maximum absolute atomic E-state index is 12.3. The van der Waals surface area contributed by atoms with Gasteiger partial charge in [-0.2, -0.15) is 11.8 Å². The van der Waals surface area contributed by atoms with Gasteiger partial charge in [-0.3, -0.25) is 4.79 Å². The number of carbonyl (C=O) groups is 1. The summed E-state index contributed by atoms with van der Waals surface area (Å²) in [4.78, 5) is 17.5. The highest BCUT2D eigenvalue weighted by Gasteiger charge is 2.23. The fraction of sp³-hybridized carbons (Fsp3) is 0.400. The molecule has 4 nitrogen and oxygen atoms in total. The Balaban J connectivity index is 1.71. The van der Waals surface area contributed by atoms with E-state index in [9.17, 15) is 4.79 Å². The highest BCUT2D eigenvalue weighted by molar-refractivity contribution is 7.99. The molecule has 1 aromatic carbocycles. The van der Waals surface area contributed by atoms with Gasteiger partial charge in [0.2, 0.25) is 5.91 Å². The van der Waals surface area contributed by atoms with Gasteiger partial charge in [-0.05, 0) is 18.1 Å². The number of rotatable bonds is 3. The molecule has 3 rings (SSSR count). The molecule has 2 heterocycles. The second-order valence-corrected chi connectivity index (χ2v) is 6.33. The Bertz CT molecular complexity index is 604. The van der Waals surface area contributed by atoms with Crippen molar-refractivity contribution in [3.05, 3.63) is 36.0 Å². The van der Waals surface area contributed by atoms with Crippen molar-refractivity contribution in [2.75, 3.05) is 24.6 Å². The van der Waals surface area contributed by atoms with Crippen molar-refractivity contribution < 1.29 is 4.79 Å². The van der Waals surface area contributed by atoms with Crippen LogP contribution in [0.4, 0.5) is 0 Å². The van der Waals surface area contributed by atoms with Gasteiger partial charge in [-0.25, -0.2) is 0 Å². The molecular formula is C15H19N3OS. The molecule has 1 amide bonds. The number of hydrogen-bond acceptors (Lipinski definition) is 3. The van der Waals surface area contributed by atoms with Crippen molar-refractivity contribution in [2.45, 2.75) is 12.5 Å². The quantitative estimate of drug-likeness (QED) is 0.902. The first-order chi connectivity index (χ1) is 9.75. The third-order valence-corrected chi connectivity index (χ3v) is 4.70. The van der Waals surface area contributed by atoms with E-state index in [1.165, 1.54) is 0 Å². The Morgan fingerprint density at radius 1 is 1.35 bits per heavy atom. The number of nitrogens with one attached hydrogen (secondary N) is 1. The van der Waals surface area contributed by atoms with Gasteiger partial charge < -0.3 is 15.6 Å². The molecule has 1 aromatic heterocycles. The first-order valence-corrected chi connectivity index (χ1v) is 8.08. The van der Waals surface area contributed by atoms with Gasteiger partial charge in [-0.1, -0.05) is 18.2 Å². The molecule has 0 bridgehead atoms. The van der Waals surface area contributed by atoms with Gasteiger partial charge >= 0.3 is 0 Å². The van der Waals surface area contributed by atoms with Gasteiger partial charge in [0.1, 0.15) is 0 Å². The SMILES string of the molecule is N[C@H](Cc1c[nH]c2ccccc12)C(=O)N1CCSCC1. The summed E-state index contributed by atoms with van der Waals surface area (Å²) in [6.45, 7) is 1.65. The molecule has 3 N–H and O–H groups in total. The van der Waals surface area contributed by atoms with E-state index in [1.807, 2.05) is 41.1 Å². The number of carbonyl (C=O) groups excluding carboxylic acids is 1. The average Bonchev–Trinajstić information content (AvgIpc) is 2.91. The number of nitrogens with two attached hydrogens (primary N) is 1. The molecule has 1 aliphatic heterocycles. The first-order valence-electron chi connectivity index (χ1n) is 6.93. The van der Waals surface area contributed by atoms with E-state index in [0.29, 0.717) is 6.42 Å². The molecule has 20 heavy (non-hydrogen) atoms. The van der Waals surface area contributed by atoms with Crippen molar-refractivity contribution in [3.8, 4) is 0 Å². The number of thioether (sulfide) groups is 1. The van der Waals surface area contributed by atoms with Crippen LogP contribution < -0.4 is 5.73 Å². The normalized spacial score (nSPS) is 17.4. The Morgan fingerprint density at radius 2 is 2.10 bits per heavy atom. The number of hydrogen-bond donors (Lipinski definition) is 2. The summed E-state index contributed by atoms with van der Waals surface area (Å²) in [6.07, 6.45) is 2.55. The maximum Gasteiger partial charge on any atom is 0.239 e. The summed E-state index contributed by atoms with van der Waals surface area (Å²) in [5.74, 6) is 2.12. The van der Waals surface area contributed by atoms with E-state index in [-0.39, 0.29) is 5.91 Å². The van der Waals surface area contributed by atoms with Crippen LogP contribution in [0.2, 0.25) is 0 Å². The van der Waals surface area contributed by atoms with Gasteiger partial charge in [0.15, 0.2) is 0 Å². The molecule has 1 atom stereocenters. The summed E-state index contributed by atoms with van der Waals surface area (Å²) in [7, 11) is 0. The van der Waals surface area contributed by atoms with Crippen LogP contribution >= 0.6 is 11.8 Å².